The number of nitrogens with two attached hydrogens (primary N) is 1. The van der Waals surface area contributed by atoms with Gasteiger partial charge in [-0.3, -0.25) is 4.79 Å². The predicted molar refractivity (Wildman–Crippen MR) is 58.6 cm³/mol. The molecule has 4 nitrogen and oxygen atoms in total. The molecule has 1 aromatic carbocycles. The first-order valence-corrected chi connectivity index (χ1v) is 4.78. The topological polar surface area (TPSA) is 68.1 Å². The number of rotatable bonds is 2. The number of anilines is 1. The summed E-state index contributed by atoms with van der Waals surface area (Å²) in [5.41, 5.74) is 7.22. The van der Waals surface area contributed by atoms with Gasteiger partial charge >= 0.3 is 5.97 Å². The molecule has 78 valence electrons. The molecule has 0 bridgehead atoms. The summed E-state index contributed by atoms with van der Waals surface area (Å²) >= 11 is 0. The summed E-state index contributed by atoms with van der Waals surface area (Å²) < 4.78 is 5.15. The maximum Gasteiger partial charge on any atom is 0.310 e. The lowest BCUT2D eigenvalue weighted by molar-refractivity contribution is -0.133. The Labute approximate surface area is 87.0 Å². The van der Waals surface area contributed by atoms with E-state index in [1.54, 1.807) is 25.3 Å². The molecule has 1 aromatic heterocycles. The molecule has 3 N–H and O–H groups in total. The monoisotopic (exact) mass is 204 g/mol. The molecule has 0 radical (unpaired) electrons. The zero-order valence-corrected chi connectivity index (χ0v) is 8.41. The van der Waals surface area contributed by atoms with Crippen LogP contribution in [0.3, 0.4) is 0 Å². The number of fused-ring (bicyclic) bond motifs is 1. The van der Waals surface area contributed by atoms with Crippen molar-refractivity contribution in [3.8, 4) is 5.75 Å². The molecule has 0 aliphatic rings. The fourth-order valence-corrected chi connectivity index (χ4v) is 1.39. The third-order valence-electron chi connectivity index (χ3n) is 2.18. The molecule has 4 heteroatoms. The zero-order valence-electron chi connectivity index (χ0n) is 8.41. The molecule has 1 heterocycles. The minimum Gasteiger partial charge on any atom is -0.424 e. The number of aromatic amines is 1. The second-order valence-corrected chi connectivity index (χ2v) is 3.29. The van der Waals surface area contributed by atoms with E-state index in [2.05, 4.69) is 4.98 Å². The van der Waals surface area contributed by atoms with Crippen LogP contribution in [-0.4, -0.2) is 11.0 Å². The lowest BCUT2D eigenvalue weighted by Crippen LogP contribution is -2.04. The number of aromatic nitrogens is 1. The van der Waals surface area contributed by atoms with Crippen molar-refractivity contribution in [2.24, 2.45) is 0 Å². The van der Waals surface area contributed by atoms with Gasteiger partial charge in [0.25, 0.3) is 0 Å². The molecule has 0 aliphatic carbocycles. The number of carbonyl (C=O) groups is 1. The number of ether oxygens (including phenoxy) is 1. The molecule has 2 rings (SSSR count). The lowest BCUT2D eigenvalue weighted by Gasteiger charge is -2.00. The molecule has 0 aliphatic heterocycles. The van der Waals surface area contributed by atoms with Crippen LogP contribution >= 0.6 is 0 Å². The van der Waals surface area contributed by atoms with Gasteiger partial charge in [-0.1, -0.05) is 6.92 Å². The van der Waals surface area contributed by atoms with E-state index in [1.807, 2.05) is 6.07 Å². The quantitative estimate of drug-likeness (QED) is 0.581. The van der Waals surface area contributed by atoms with Crippen LogP contribution in [0.5, 0.6) is 5.75 Å². The highest BCUT2D eigenvalue weighted by Gasteiger charge is 2.08. The smallest absolute Gasteiger partial charge is 0.310 e. The Morgan fingerprint density at radius 3 is 3.07 bits per heavy atom. The summed E-state index contributed by atoms with van der Waals surface area (Å²) in [5, 5.41) is 0.830. The second-order valence-electron chi connectivity index (χ2n) is 3.29. The van der Waals surface area contributed by atoms with Crippen LogP contribution in [0.25, 0.3) is 10.9 Å². The Kier molecular flexibility index (Phi) is 2.33. The summed E-state index contributed by atoms with van der Waals surface area (Å²) in [6.45, 7) is 1.76. The fraction of sp³-hybridized carbons (Fsp3) is 0.182. The number of nitrogen functional groups attached to an aromatic ring is 1. The predicted octanol–water partition coefficient (Wildman–Crippen LogP) is 2.07. The normalized spacial score (nSPS) is 10.5. The molecule has 0 atom stereocenters. The summed E-state index contributed by atoms with van der Waals surface area (Å²) in [6, 6.07) is 5.43. The van der Waals surface area contributed by atoms with Crippen molar-refractivity contribution < 1.29 is 9.53 Å². The largest absolute Gasteiger partial charge is 0.424 e. The minimum absolute atomic E-state index is 0.252. The Hall–Kier alpha value is -1.97. The molecule has 0 spiro atoms. The van der Waals surface area contributed by atoms with Crippen LogP contribution in [-0.2, 0) is 4.79 Å². The number of carbonyl (C=O) groups excluding carboxylic acids is 1. The van der Waals surface area contributed by atoms with Gasteiger partial charge < -0.3 is 15.5 Å². The van der Waals surface area contributed by atoms with Gasteiger partial charge in [0.2, 0.25) is 0 Å². The van der Waals surface area contributed by atoms with E-state index in [-0.39, 0.29) is 5.97 Å². The molecule has 15 heavy (non-hydrogen) atoms. The third kappa shape index (κ3) is 1.79. The second kappa shape index (κ2) is 3.65. The molecular weight excluding hydrogens is 192 g/mol. The molecular formula is C11H12N2O2. The van der Waals surface area contributed by atoms with Crippen molar-refractivity contribution >= 4 is 22.6 Å². The Balaban J connectivity index is 2.43. The van der Waals surface area contributed by atoms with Gasteiger partial charge in [0.05, 0.1) is 0 Å². The van der Waals surface area contributed by atoms with Gasteiger partial charge in [0.15, 0.2) is 5.75 Å². The highest BCUT2D eigenvalue weighted by Crippen LogP contribution is 2.27. The van der Waals surface area contributed by atoms with Gasteiger partial charge in [-0.2, -0.15) is 0 Å². The SMILES string of the molecule is CCC(=O)Oc1c[nH]c2ccc(N)cc12. The minimum atomic E-state index is -0.252. The first-order chi connectivity index (χ1) is 7.20. The number of hydrogen-bond acceptors (Lipinski definition) is 3. The van der Waals surface area contributed by atoms with Crippen molar-refractivity contribution in [2.75, 3.05) is 5.73 Å². The highest BCUT2D eigenvalue weighted by molar-refractivity contribution is 5.90. The van der Waals surface area contributed by atoms with Crippen LogP contribution in [0, 0.1) is 0 Å². The van der Waals surface area contributed by atoms with Gasteiger partial charge in [-0.15, -0.1) is 0 Å². The van der Waals surface area contributed by atoms with Crippen molar-refractivity contribution in [3.05, 3.63) is 24.4 Å². The summed E-state index contributed by atoms with van der Waals surface area (Å²) in [4.78, 5) is 14.2. The zero-order chi connectivity index (χ0) is 10.8. The van der Waals surface area contributed by atoms with Crippen LogP contribution in [0.15, 0.2) is 24.4 Å². The number of esters is 1. The number of nitrogens with one attached hydrogen (secondary N) is 1. The van der Waals surface area contributed by atoms with E-state index < -0.39 is 0 Å². The van der Waals surface area contributed by atoms with Gasteiger partial charge in [0, 0.05) is 29.2 Å². The van der Waals surface area contributed by atoms with E-state index in [9.17, 15) is 4.79 Å². The van der Waals surface area contributed by atoms with Crippen LogP contribution < -0.4 is 10.5 Å². The first kappa shape index (κ1) is 9.58. The van der Waals surface area contributed by atoms with Gasteiger partial charge in [-0.25, -0.2) is 0 Å². The Bertz CT molecular complexity index is 502. The Morgan fingerprint density at radius 1 is 1.53 bits per heavy atom. The van der Waals surface area contributed by atoms with E-state index >= 15 is 0 Å². The fourth-order valence-electron chi connectivity index (χ4n) is 1.39. The molecule has 0 saturated heterocycles. The summed E-state index contributed by atoms with van der Waals surface area (Å²) in [6.07, 6.45) is 2.02. The average molecular weight is 204 g/mol. The van der Waals surface area contributed by atoms with Crippen LogP contribution in [0.4, 0.5) is 5.69 Å². The maximum absolute atomic E-state index is 11.1. The summed E-state index contributed by atoms with van der Waals surface area (Å²) in [7, 11) is 0. The molecule has 2 aromatic rings. The van der Waals surface area contributed by atoms with Crippen LogP contribution in [0.2, 0.25) is 0 Å². The van der Waals surface area contributed by atoms with Crippen molar-refractivity contribution in [1.29, 1.82) is 0 Å². The highest BCUT2D eigenvalue weighted by atomic mass is 16.5. The molecule has 0 fully saturated rings. The number of H-pyrrole nitrogens is 1. The van der Waals surface area contributed by atoms with Crippen molar-refractivity contribution in [2.45, 2.75) is 13.3 Å². The maximum atomic E-state index is 11.1. The van der Waals surface area contributed by atoms with E-state index in [0.29, 0.717) is 17.9 Å². The van der Waals surface area contributed by atoms with Gasteiger partial charge in [-0.05, 0) is 18.2 Å². The lowest BCUT2D eigenvalue weighted by atomic mass is 10.2. The summed E-state index contributed by atoms with van der Waals surface area (Å²) in [5.74, 6) is 0.280. The van der Waals surface area contributed by atoms with Crippen molar-refractivity contribution in [3.63, 3.8) is 0 Å². The number of benzene rings is 1. The van der Waals surface area contributed by atoms with Crippen molar-refractivity contribution in [1.82, 2.24) is 4.98 Å². The van der Waals surface area contributed by atoms with E-state index in [4.69, 9.17) is 10.5 Å². The average Bonchev–Trinajstić information content (AvgIpc) is 2.61. The van der Waals surface area contributed by atoms with Gasteiger partial charge in [0.1, 0.15) is 0 Å². The van der Waals surface area contributed by atoms with Crippen LogP contribution in [0.1, 0.15) is 13.3 Å². The standard InChI is InChI=1S/C11H12N2O2/c1-2-11(14)15-10-6-13-9-4-3-7(12)5-8(9)10/h3-6,13H,2,12H2,1H3. The Morgan fingerprint density at radius 2 is 2.33 bits per heavy atom. The molecule has 0 unspecified atom stereocenters. The molecule has 0 amide bonds. The number of hydrogen-bond donors (Lipinski definition) is 2. The van der Waals surface area contributed by atoms with E-state index in [0.717, 1.165) is 10.9 Å². The molecule has 0 saturated carbocycles. The van der Waals surface area contributed by atoms with E-state index in [1.165, 1.54) is 0 Å². The third-order valence-corrected chi connectivity index (χ3v) is 2.18. The first-order valence-electron chi connectivity index (χ1n) is 4.78.